The van der Waals surface area contributed by atoms with Crippen molar-refractivity contribution in [3.05, 3.63) is 23.8 Å². The second kappa shape index (κ2) is 14.7. The zero-order chi connectivity index (χ0) is 26.0. The molecule has 0 aliphatic carbocycles. The van der Waals surface area contributed by atoms with Gasteiger partial charge in [0.1, 0.15) is 17.3 Å². The summed E-state index contributed by atoms with van der Waals surface area (Å²) in [6, 6.07) is 3.97. The lowest BCUT2D eigenvalue weighted by atomic mass is 9.81. The number of aliphatic hydroxyl groups excluding tert-OH is 3. The van der Waals surface area contributed by atoms with Crippen LogP contribution in [-0.2, 0) is 4.79 Å². The first kappa shape index (κ1) is 30.4. The van der Waals surface area contributed by atoms with Gasteiger partial charge in [-0.05, 0) is 74.0 Å². The van der Waals surface area contributed by atoms with Crippen molar-refractivity contribution in [3.63, 3.8) is 0 Å². The third kappa shape index (κ3) is 10.7. The maximum Gasteiger partial charge on any atom is 0.135 e. The van der Waals surface area contributed by atoms with Crippen molar-refractivity contribution in [3.8, 4) is 11.5 Å². The molecule has 0 saturated carbocycles. The molecule has 0 aliphatic rings. The molecule has 1 aromatic carbocycles. The van der Waals surface area contributed by atoms with E-state index in [1.807, 2.05) is 27.7 Å². The quantitative estimate of drug-likeness (QED) is 0.218. The number of carbonyl (C=O) groups excluding carboxylic acids is 1. The van der Waals surface area contributed by atoms with E-state index in [0.29, 0.717) is 42.4 Å². The number of hydrogen-bond acceptors (Lipinski definition) is 6. The molecule has 1 aromatic rings. The van der Waals surface area contributed by atoms with E-state index in [2.05, 4.69) is 13.8 Å². The van der Waals surface area contributed by atoms with Crippen molar-refractivity contribution >= 4 is 5.78 Å². The summed E-state index contributed by atoms with van der Waals surface area (Å²) in [5.41, 5.74) is 0.343. The van der Waals surface area contributed by atoms with Crippen LogP contribution in [0.1, 0.15) is 98.2 Å². The summed E-state index contributed by atoms with van der Waals surface area (Å²) in [7, 11) is 0. The Balaban J connectivity index is 2.64. The normalized spacial score (nSPS) is 18.2. The molecular weight excluding hydrogens is 432 g/mol. The van der Waals surface area contributed by atoms with E-state index in [9.17, 15) is 30.3 Å². The molecule has 5 N–H and O–H groups in total. The summed E-state index contributed by atoms with van der Waals surface area (Å²) in [5.74, 6) is 0.609. The van der Waals surface area contributed by atoms with Crippen LogP contribution < -0.4 is 0 Å². The van der Waals surface area contributed by atoms with Gasteiger partial charge in [0, 0.05) is 24.3 Å². The molecule has 6 nitrogen and oxygen atoms in total. The molecule has 0 radical (unpaired) electrons. The van der Waals surface area contributed by atoms with Crippen LogP contribution in [0.4, 0.5) is 0 Å². The minimum Gasteiger partial charge on any atom is -0.508 e. The fourth-order valence-electron chi connectivity index (χ4n) is 5.11. The Morgan fingerprint density at radius 3 is 1.91 bits per heavy atom. The first-order valence-electron chi connectivity index (χ1n) is 12.9. The van der Waals surface area contributed by atoms with E-state index in [1.165, 1.54) is 18.2 Å². The number of Topliss-reactive ketones (excluding diaryl/α,β-unsaturated/α-hetero) is 1. The Hall–Kier alpha value is -1.63. The van der Waals surface area contributed by atoms with Gasteiger partial charge in [0.25, 0.3) is 0 Å². The highest BCUT2D eigenvalue weighted by Gasteiger charge is 2.31. The Morgan fingerprint density at radius 1 is 0.794 bits per heavy atom. The van der Waals surface area contributed by atoms with Crippen LogP contribution in [0.5, 0.6) is 11.5 Å². The van der Waals surface area contributed by atoms with E-state index in [1.54, 1.807) is 0 Å². The highest BCUT2D eigenvalue weighted by Crippen LogP contribution is 2.35. The van der Waals surface area contributed by atoms with Crippen molar-refractivity contribution in [1.29, 1.82) is 0 Å². The molecule has 34 heavy (non-hydrogen) atoms. The number of ketones is 1. The van der Waals surface area contributed by atoms with Gasteiger partial charge < -0.3 is 25.5 Å². The van der Waals surface area contributed by atoms with Crippen molar-refractivity contribution in [2.75, 3.05) is 0 Å². The van der Waals surface area contributed by atoms with Gasteiger partial charge in [-0.2, -0.15) is 0 Å². The zero-order valence-electron chi connectivity index (χ0n) is 21.9. The molecule has 7 atom stereocenters. The average Bonchev–Trinajstić information content (AvgIpc) is 2.73. The van der Waals surface area contributed by atoms with Crippen molar-refractivity contribution in [1.82, 2.24) is 0 Å². The van der Waals surface area contributed by atoms with Gasteiger partial charge in [0.2, 0.25) is 0 Å². The number of rotatable bonds is 16. The molecule has 0 aromatic heterocycles. The number of phenolic OH excluding ortho intramolecular Hbond substituents is 2. The molecule has 0 saturated heterocycles. The first-order valence-corrected chi connectivity index (χ1v) is 12.9. The van der Waals surface area contributed by atoms with Crippen LogP contribution in [0.15, 0.2) is 18.2 Å². The Labute approximate surface area is 206 Å². The Morgan fingerprint density at radius 2 is 1.38 bits per heavy atom. The van der Waals surface area contributed by atoms with Crippen molar-refractivity contribution < 1.29 is 30.3 Å². The van der Waals surface area contributed by atoms with Crippen LogP contribution >= 0.6 is 0 Å². The predicted molar refractivity (Wildman–Crippen MR) is 136 cm³/mol. The summed E-state index contributed by atoms with van der Waals surface area (Å²) >= 11 is 0. The topological polar surface area (TPSA) is 118 Å². The third-order valence-corrected chi connectivity index (χ3v) is 6.87. The van der Waals surface area contributed by atoms with Crippen LogP contribution in [0, 0.1) is 29.6 Å². The van der Waals surface area contributed by atoms with E-state index < -0.39 is 24.2 Å². The molecule has 0 heterocycles. The lowest BCUT2D eigenvalue weighted by Crippen LogP contribution is -2.31. The highest BCUT2D eigenvalue weighted by molar-refractivity contribution is 5.80. The summed E-state index contributed by atoms with van der Waals surface area (Å²) in [6.45, 7) is 12.2. The van der Waals surface area contributed by atoms with Crippen LogP contribution in [0.2, 0.25) is 0 Å². The number of aromatic hydroxyl groups is 2. The fourth-order valence-corrected chi connectivity index (χ4v) is 5.11. The zero-order valence-corrected chi connectivity index (χ0v) is 21.9. The predicted octanol–water partition coefficient (Wildman–Crippen LogP) is 5.35. The molecule has 196 valence electrons. The molecule has 1 rings (SSSR count). The second-order valence-corrected chi connectivity index (χ2v) is 11.0. The number of aliphatic hydroxyl groups is 3. The van der Waals surface area contributed by atoms with Gasteiger partial charge in [0.15, 0.2) is 0 Å². The van der Waals surface area contributed by atoms with Gasteiger partial charge in [-0.3, -0.25) is 4.79 Å². The summed E-state index contributed by atoms with van der Waals surface area (Å²) in [6.07, 6.45) is 1.85. The second-order valence-electron chi connectivity index (χ2n) is 11.0. The molecule has 1 unspecified atom stereocenters. The maximum absolute atomic E-state index is 11.8. The SMILES string of the molecule is CCC(=O)[C@H](C)C[C@@H](C)C[C@H](C)CC[C@@H](O)C[C@@H](O)C(CC(C)C)[C@@H](O)c1cc(O)cc(O)c1. The van der Waals surface area contributed by atoms with Crippen LogP contribution in [-0.4, -0.2) is 43.5 Å². The van der Waals surface area contributed by atoms with E-state index >= 15 is 0 Å². The average molecular weight is 481 g/mol. The molecule has 6 heteroatoms. The minimum atomic E-state index is -1.07. The Kier molecular flexibility index (Phi) is 13.1. The summed E-state index contributed by atoms with van der Waals surface area (Å²) in [4.78, 5) is 11.8. The standard InChI is InChI=1S/C28H48O6/c1-7-26(32)20(6)12-19(5)11-18(4)8-9-22(29)16-27(33)25(10-17(2)3)28(34)21-13-23(30)15-24(31)14-21/h13-15,17-20,22,25,27-31,33-34H,7-12,16H2,1-6H3/t18-,19+,20-,22-,25?,27-,28+/m1/s1. The van der Waals surface area contributed by atoms with Gasteiger partial charge in [0.05, 0.1) is 18.3 Å². The van der Waals surface area contributed by atoms with E-state index in [4.69, 9.17) is 0 Å². The third-order valence-electron chi connectivity index (χ3n) is 6.87. The fraction of sp³-hybridized carbons (Fsp3) is 0.750. The van der Waals surface area contributed by atoms with Gasteiger partial charge >= 0.3 is 0 Å². The van der Waals surface area contributed by atoms with E-state index in [0.717, 1.165) is 19.3 Å². The van der Waals surface area contributed by atoms with Crippen molar-refractivity contribution in [2.45, 2.75) is 105 Å². The molecule has 0 amide bonds. The number of hydrogen-bond donors (Lipinski definition) is 5. The Bertz CT molecular complexity index is 713. The van der Waals surface area contributed by atoms with Crippen LogP contribution in [0.25, 0.3) is 0 Å². The van der Waals surface area contributed by atoms with E-state index in [-0.39, 0.29) is 29.8 Å². The van der Waals surface area contributed by atoms with Crippen molar-refractivity contribution in [2.24, 2.45) is 29.6 Å². The summed E-state index contributed by atoms with van der Waals surface area (Å²) in [5, 5.41) is 52.0. The van der Waals surface area contributed by atoms with Gasteiger partial charge in [-0.15, -0.1) is 0 Å². The monoisotopic (exact) mass is 480 g/mol. The van der Waals surface area contributed by atoms with Gasteiger partial charge in [-0.25, -0.2) is 0 Å². The summed E-state index contributed by atoms with van der Waals surface area (Å²) < 4.78 is 0. The molecule has 0 bridgehead atoms. The highest BCUT2D eigenvalue weighted by atomic mass is 16.3. The van der Waals surface area contributed by atoms with Gasteiger partial charge in [-0.1, -0.05) is 41.5 Å². The largest absolute Gasteiger partial charge is 0.508 e. The number of benzene rings is 1. The lowest BCUT2D eigenvalue weighted by Gasteiger charge is -2.31. The maximum atomic E-state index is 11.8. The smallest absolute Gasteiger partial charge is 0.135 e. The van der Waals surface area contributed by atoms with Crippen LogP contribution in [0.3, 0.4) is 0 Å². The number of phenols is 2. The molecule has 0 spiro atoms. The number of carbonyl (C=O) groups is 1. The molecule has 0 aliphatic heterocycles. The molecule has 0 fully saturated rings. The molecular formula is C28H48O6. The first-order chi connectivity index (χ1) is 15.8. The lowest BCUT2D eigenvalue weighted by molar-refractivity contribution is -0.122. The minimum absolute atomic E-state index is 0.0886.